The van der Waals surface area contributed by atoms with E-state index in [2.05, 4.69) is 0 Å². The van der Waals surface area contributed by atoms with Crippen LogP contribution in [0.5, 0.6) is 0 Å². The molecular weight excluding hydrogens is 269 g/mol. The zero-order valence-electron chi connectivity index (χ0n) is 10.3. The second-order valence-electron chi connectivity index (χ2n) is 3.96. The Morgan fingerprint density at radius 1 is 1.53 bits per heavy atom. The van der Waals surface area contributed by atoms with E-state index in [1.54, 1.807) is 6.07 Å². The van der Waals surface area contributed by atoms with E-state index in [1.165, 1.54) is 25.1 Å². The molecule has 0 amide bonds. The van der Waals surface area contributed by atoms with Gasteiger partial charge in [-0.15, -0.1) is 0 Å². The molecule has 2 N–H and O–H groups in total. The first-order chi connectivity index (χ1) is 8.97. The van der Waals surface area contributed by atoms with Gasteiger partial charge < -0.3 is 10.2 Å². The Balaban J connectivity index is 2.74. The lowest BCUT2D eigenvalue weighted by Gasteiger charge is -2.18. The molecule has 0 saturated carbocycles. The van der Waals surface area contributed by atoms with Crippen LogP contribution in [-0.4, -0.2) is 27.2 Å². The number of rotatable bonds is 5. The van der Waals surface area contributed by atoms with E-state index in [0.29, 0.717) is 5.75 Å². The summed E-state index contributed by atoms with van der Waals surface area (Å²) in [6.07, 6.45) is -2.45. The molecule has 0 spiro atoms. The largest absolute Gasteiger partial charge is 0.390 e. The van der Waals surface area contributed by atoms with Crippen LogP contribution in [-0.2, 0) is 4.79 Å². The van der Waals surface area contributed by atoms with E-state index in [-0.39, 0.29) is 22.7 Å². The van der Waals surface area contributed by atoms with Gasteiger partial charge in [0.25, 0.3) is 0 Å². The summed E-state index contributed by atoms with van der Waals surface area (Å²) in [7, 11) is 0. The van der Waals surface area contributed by atoms with E-state index >= 15 is 0 Å². The van der Waals surface area contributed by atoms with Crippen LogP contribution in [0, 0.1) is 17.1 Å². The monoisotopic (exact) mass is 283 g/mol. The molecular formula is C13H14FNO3S. The third-order valence-corrected chi connectivity index (χ3v) is 3.40. The number of hydrogen-bond donors (Lipinski definition) is 2. The van der Waals surface area contributed by atoms with Gasteiger partial charge in [-0.05, 0) is 12.5 Å². The number of halogens is 1. The first-order valence-electron chi connectivity index (χ1n) is 5.65. The van der Waals surface area contributed by atoms with Crippen molar-refractivity contribution in [3.8, 4) is 6.07 Å². The molecule has 1 aromatic rings. The lowest BCUT2D eigenvalue weighted by molar-refractivity contribution is -0.109. The van der Waals surface area contributed by atoms with Crippen molar-refractivity contribution in [2.75, 3.05) is 5.75 Å². The first-order valence-corrected chi connectivity index (χ1v) is 6.64. The molecule has 0 aliphatic rings. The second kappa shape index (κ2) is 7.24. The molecule has 0 radical (unpaired) electrons. The average molecular weight is 283 g/mol. The van der Waals surface area contributed by atoms with Crippen LogP contribution in [0.3, 0.4) is 0 Å². The highest BCUT2D eigenvalue weighted by Gasteiger charge is 2.22. The predicted octanol–water partition coefficient (Wildman–Crippen LogP) is 1.76. The van der Waals surface area contributed by atoms with Crippen molar-refractivity contribution in [2.24, 2.45) is 0 Å². The van der Waals surface area contributed by atoms with E-state index in [4.69, 9.17) is 5.26 Å². The van der Waals surface area contributed by atoms with Crippen LogP contribution in [0.2, 0.25) is 0 Å². The fourth-order valence-electron chi connectivity index (χ4n) is 1.55. The van der Waals surface area contributed by atoms with Gasteiger partial charge in [-0.2, -0.15) is 5.26 Å². The highest BCUT2D eigenvalue weighted by molar-refractivity contribution is 8.13. The Morgan fingerprint density at radius 2 is 2.21 bits per heavy atom. The van der Waals surface area contributed by atoms with Crippen LogP contribution in [0.4, 0.5) is 4.39 Å². The number of aliphatic hydroxyl groups excluding tert-OH is 2. The van der Waals surface area contributed by atoms with E-state index < -0.39 is 18.0 Å². The summed E-state index contributed by atoms with van der Waals surface area (Å²) < 4.78 is 13.8. The summed E-state index contributed by atoms with van der Waals surface area (Å²) in [4.78, 5) is 10.7. The minimum atomic E-state index is -1.42. The van der Waals surface area contributed by atoms with Crippen molar-refractivity contribution in [2.45, 2.75) is 25.6 Å². The zero-order chi connectivity index (χ0) is 14.4. The van der Waals surface area contributed by atoms with Crippen molar-refractivity contribution in [3.05, 3.63) is 35.1 Å². The molecule has 0 aliphatic heterocycles. The third kappa shape index (κ3) is 4.31. The quantitative estimate of drug-likeness (QED) is 0.860. The van der Waals surface area contributed by atoms with Crippen LogP contribution >= 0.6 is 11.8 Å². The second-order valence-corrected chi connectivity index (χ2v) is 5.23. The molecule has 0 heterocycles. The number of nitrogens with zero attached hydrogens (tertiary/aromatic N) is 1. The maximum absolute atomic E-state index is 13.8. The maximum Gasteiger partial charge on any atom is 0.185 e. The molecule has 4 nitrogen and oxygen atoms in total. The summed E-state index contributed by atoms with van der Waals surface area (Å²) in [6, 6.07) is 5.73. The number of hydrogen-bond acceptors (Lipinski definition) is 5. The molecule has 1 rings (SSSR count). The van der Waals surface area contributed by atoms with Gasteiger partial charge in [0.05, 0.1) is 11.7 Å². The Bertz CT molecular complexity index is 501. The van der Waals surface area contributed by atoms with Gasteiger partial charge in [0.15, 0.2) is 5.12 Å². The molecule has 6 heteroatoms. The van der Waals surface area contributed by atoms with Gasteiger partial charge in [0.2, 0.25) is 0 Å². The SMILES string of the molecule is CC(=O)SCCC(O)C(O)c1cccc(C#N)c1F. The van der Waals surface area contributed by atoms with Crippen LogP contribution in [0.1, 0.15) is 30.6 Å². The molecule has 0 saturated heterocycles. The molecule has 102 valence electrons. The van der Waals surface area contributed by atoms with Crippen LogP contribution in [0.25, 0.3) is 0 Å². The average Bonchev–Trinajstić information content (AvgIpc) is 2.37. The van der Waals surface area contributed by atoms with Gasteiger partial charge in [0, 0.05) is 18.2 Å². The molecule has 0 fully saturated rings. The predicted molar refractivity (Wildman–Crippen MR) is 69.8 cm³/mol. The fraction of sp³-hybridized carbons (Fsp3) is 0.385. The number of carbonyl (C=O) groups is 1. The topological polar surface area (TPSA) is 81.3 Å². The van der Waals surface area contributed by atoms with Crippen LogP contribution in [0.15, 0.2) is 18.2 Å². The highest BCUT2D eigenvalue weighted by atomic mass is 32.2. The summed E-state index contributed by atoms with van der Waals surface area (Å²) in [5, 5.41) is 28.2. The molecule has 0 aliphatic carbocycles. The van der Waals surface area contributed by atoms with Crippen molar-refractivity contribution in [1.29, 1.82) is 5.26 Å². The van der Waals surface area contributed by atoms with Gasteiger partial charge >= 0.3 is 0 Å². The van der Waals surface area contributed by atoms with E-state index in [9.17, 15) is 19.4 Å². The summed E-state index contributed by atoms with van der Waals surface area (Å²) >= 11 is 1.03. The molecule has 0 bridgehead atoms. The standard InChI is InChI=1S/C13H14FNO3S/c1-8(16)19-6-5-11(17)13(18)10-4-2-3-9(7-15)12(10)14/h2-4,11,13,17-18H,5-6H2,1H3. The van der Waals surface area contributed by atoms with Crippen molar-refractivity contribution in [3.63, 3.8) is 0 Å². The highest BCUT2D eigenvalue weighted by Crippen LogP contribution is 2.24. The smallest absolute Gasteiger partial charge is 0.185 e. The van der Waals surface area contributed by atoms with E-state index in [0.717, 1.165) is 11.8 Å². The van der Waals surface area contributed by atoms with Gasteiger partial charge in [-0.1, -0.05) is 23.9 Å². The minimum Gasteiger partial charge on any atom is -0.390 e. The molecule has 19 heavy (non-hydrogen) atoms. The first kappa shape index (κ1) is 15.6. The Hall–Kier alpha value is -1.42. The van der Waals surface area contributed by atoms with Crippen molar-refractivity contribution < 1.29 is 19.4 Å². The number of thioether (sulfide) groups is 1. The van der Waals surface area contributed by atoms with Gasteiger partial charge in [0.1, 0.15) is 18.0 Å². The third-order valence-electron chi connectivity index (χ3n) is 2.55. The Kier molecular flexibility index (Phi) is 5.96. The lowest BCUT2D eigenvalue weighted by Crippen LogP contribution is -2.20. The minimum absolute atomic E-state index is 0.0839. The summed E-state index contributed by atoms with van der Waals surface area (Å²) in [6.45, 7) is 1.41. The number of aliphatic hydroxyl groups is 2. The van der Waals surface area contributed by atoms with E-state index in [1.807, 2.05) is 0 Å². The molecule has 1 aromatic carbocycles. The molecule has 2 atom stereocenters. The number of carbonyl (C=O) groups excluding carboxylic acids is 1. The normalized spacial score (nSPS) is 13.6. The maximum atomic E-state index is 13.8. The van der Waals surface area contributed by atoms with Crippen LogP contribution < -0.4 is 0 Å². The molecule has 0 aromatic heterocycles. The van der Waals surface area contributed by atoms with Gasteiger partial charge in [-0.25, -0.2) is 4.39 Å². The Morgan fingerprint density at radius 3 is 2.79 bits per heavy atom. The van der Waals surface area contributed by atoms with Gasteiger partial charge in [-0.3, -0.25) is 4.79 Å². The zero-order valence-corrected chi connectivity index (χ0v) is 11.2. The number of benzene rings is 1. The summed E-state index contributed by atoms with van der Waals surface area (Å²) in [5.41, 5.74) is -0.291. The van der Waals surface area contributed by atoms with Crippen molar-refractivity contribution in [1.82, 2.24) is 0 Å². The lowest BCUT2D eigenvalue weighted by atomic mass is 10.00. The Labute approximate surface area is 114 Å². The number of nitriles is 1. The molecule has 2 unspecified atom stereocenters. The van der Waals surface area contributed by atoms with Crippen molar-refractivity contribution >= 4 is 16.9 Å². The summed E-state index contributed by atoms with van der Waals surface area (Å²) in [5.74, 6) is -0.483. The fourth-order valence-corrected chi connectivity index (χ4v) is 2.20.